The predicted octanol–water partition coefficient (Wildman–Crippen LogP) is 6.00. The molecule has 0 aliphatic rings. The van der Waals surface area contributed by atoms with Crippen molar-refractivity contribution in [3.8, 4) is 0 Å². The summed E-state index contributed by atoms with van der Waals surface area (Å²) in [5, 5.41) is 11.4. The summed E-state index contributed by atoms with van der Waals surface area (Å²) in [4.78, 5) is 0. The van der Waals surface area contributed by atoms with Crippen LogP contribution < -0.4 is 10.4 Å². The van der Waals surface area contributed by atoms with E-state index in [0.717, 1.165) is 22.5 Å². The third-order valence-electron chi connectivity index (χ3n) is 4.42. The molecule has 4 nitrogen and oxygen atoms in total. The van der Waals surface area contributed by atoms with Crippen LogP contribution >= 0.6 is 0 Å². The molecule has 0 aliphatic heterocycles. The van der Waals surface area contributed by atoms with Crippen LogP contribution in [0.1, 0.15) is 11.1 Å². The fraction of sp³-hybridized carbons (Fsp3) is 0. The number of para-hydroxylation sites is 2. The number of benzene rings is 4. The molecule has 0 spiro atoms. The molecule has 0 bridgehead atoms. The molecule has 0 heterocycles. The second-order valence-electron chi connectivity index (χ2n) is 6.58. The molecule has 4 rings (SSSR count). The zero-order chi connectivity index (χ0) is 20.4. The molecule has 30 heavy (non-hydrogen) atoms. The molecular weight excluding hydrogens is 368 g/mol. The fourth-order valence-electron chi connectivity index (χ4n) is 2.93. The lowest BCUT2D eigenvalue weighted by Crippen LogP contribution is -2.28. The largest absolute Gasteiger partial charge is 0.276 e. The van der Waals surface area contributed by atoms with Gasteiger partial charge in [0.1, 0.15) is 0 Å². The van der Waals surface area contributed by atoms with Crippen LogP contribution in [0.25, 0.3) is 0 Å². The summed E-state index contributed by atoms with van der Waals surface area (Å²) in [6.07, 6.45) is 1.84. The summed E-state index contributed by atoms with van der Waals surface area (Å²) in [6.45, 7) is 0. The zero-order valence-corrected chi connectivity index (χ0v) is 16.5. The van der Waals surface area contributed by atoms with Gasteiger partial charge in [0.2, 0.25) is 0 Å². The van der Waals surface area contributed by atoms with E-state index in [-0.39, 0.29) is 0 Å². The summed E-state index contributed by atoms with van der Waals surface area (Å²) >= 11 is 0. The lowest BCUT2D eigenvalue weighted by atomic mass is 10.2. The number of hydrazone groups is 2. The first-order valence-electron chi connectivity index (χ1n) is 9.78. The number of anilines is 2. The minimum atomic E-state index is 0.692. The topological polar surface area (TPSA) is 40.0 Å². The van der Waals surface area contributed by atoms with Gasteiger partial charge in [0.25, 0.3) is 0 Å². The lowest BCUT2D eigenvalue weighted by molar-refractivity contribution is 1.11. The molecule has 146 valence electrons. The van der Waals surface area contributed by atoms with E-state index in [9.17, 15) is 0 Å². The average Bonchev–Trinajstić information content (AvgIpc) is 2.83. The highest BCUT2D eigenvalue weighted by molar-refractivity contribution is 6.10. The number of nitrogens with one attached hydrogen (secondary N) is 1. The SMILES string of the molecule is C(=N\N(/C(=N\Nc1ccccc1)c1ccccc1)c1ccccc1)/c1ccccc1. The Hall–Kier alpha value is -4.18. The quantitative estimate of drug-likeness (QED) is 0.249. The average molecular weight is 390 g/mol. The molecule has 0 unspecified atom stereocenters. The van der Waals surface area contributed by atoms with E-state index in [1.807, 2.05) is 133 Å². The molecular formula is C26H22N4. The third-order valence-corrected chi connectivity index (χ3v) is 4.42. The van der Waals surface area contributed by atoms with Crippen molar-refractivity contribution in [3.05, 3.63) is 132 Å². The Morgan fingerprint density at radius 3 is 1.80 bits per heavy atom. The van der Waals surface area contributed by atoms with Crippen molar-refractivity contribution in [1.29, 1.82) is 0 Å². The van der Waals surface area contributed by atoms with E-state index < -0.39 is 0 Å². The maximum atomic E-state index is 4.79. The maximum absolute atomic E-state index is 4.79. The summed E-state index contributed by atoms with van der Waals surface area (Å²) < 4.78 is 0. The van der Waals surface area contributed by atoms with Crippen molar-refractivity contribution in [2.75, 3.05) is 10.4 Å². The molecule has 0 atom stereocenters. The van der Waals surface area contributed by atoms with Gasteiger partial charge in [-0.1, -0.05) is 97.1 Å². The maximum Gasteiger partial charge on any atom is 0.181 e. The number of nitrogens with zero attached hydrogens (tertiary/aromatic N) is 3. The second kappa shape index (κ2) is 9.85. The minimum absolute atomic E-state index is 0.692. The first kappa shape index (κ1) is 19.2. The Kier molecular flexibility index (Phi) is 6.28. The lowest BCUT2D eigenvalue weighted by Gasteiger charge is -2.21. The van der Waals surface area contributed by atoms with E-state index in [0.29, 0.717) is 5.84 Å². The van der Waals surface area contributed by atoms with Crippen LogP contribution in [0.2, 0.25) is 0 Å². The minimum Gasteiger partial charge on any atom is -0.276 e. The molecule has 4 aromatic carbocycles. The van der Waals surface area contributed by atoms with Gasteiger partial charge in [0, 0.05) is 5.56 Å². The van der Waals surface area contributed by atoms with Crippen molar-refractivity contribution >= 4 is 23.4 Å². The normalized spacial score (nSPS) is 11.4. The van der Waals surface area contributed by atoms with Crippen LogP contribution in [-0.2, 0) is 0 Å². The highest BCUT2D eigenvalue weighted by atomic mass is 15.5. The smallest absolute Gasteiger partial charge is 0.181 e. The van der Waals surface area contributed by atoms with Crippen LogP contribution in [0, 0.1) is 0 Å². The van der Waals surface area contributed by atoms with Crippen molar-refractivity contribution < 1.29 is 0 Å². The van der Waals surface area contributed by atoms with Crippen molar-refractivity contribution in [1.82, 2.24) is 0 Å². The van der Waals surface area contributed by atoms with Gasteiger partial charge in [0.05, 0.1) is 17.6 Å². The number of rotatable bonds is 6. The van der Waals surface area contributed by atoms with E-state index in [1.165, 1.54) is 0 Å². The number of hydrogen-bond donors (Lipinski definition) is 1. The molecule has 4 aromatic rings. The van der Waals surface area contributed by atoms with Crippen LogP contribution in [0.15, 0.2) is 132 Å². The molecule has 0 radical (unpaired) electrons. The first-order valence-corrected chi connectivity index (χ1v) is 9.78. The standard InChI is InChI=1S/C26H22N4/c1-5-13-22(14-6-1)21-27-30(25-19-11-4-12-20-25)26(23-15-7-2-8-16-23)29-28-24-17-9-3-10-18-24/h1-21,28H/b27-21+,29-26-. The van der Waals surface area contributed by atoms with Gasteiger partial charge in [-0.3, -0.25) is 5.43 Å². The van der Waals surface area contributed by atoms with Crippen LogP contribution in [0.4, 0.5) is 11.4 Å². The zero-order valence-electron chi connectivity index (χ0n) is 16.5. The first-order chi connectivity index (χ1) is 14.9. The highest BCUT2D eigenvalue weighted by Gasteiger charge is 2.15. The molecule has 0 saturated carbocycles. The van der Waals surface area contributed by atoms with Gasteiger partial charge in [-0.15, -0.1) is 0 Å². The van der Waals surface area contributed by atoms with Gasteiger partial charge < -0.3 is 0 Å². The summed E-state index contributed by atoms with van der Waals surface area (Å²) in [7, 11) is 0. The molecule has 0 aliphatic carbocycles. The second-order valence-corrected chi connectivity index (χ2v) is 6.58. The van der Waals surface area contributed by atoms with Gasteiger partial charge in [0.15, 0.2) is 5.84 Å². The van der Waals surface area contributed by atoms with Crippen LogP contribution in [-0.4, -0.2) is 12.1 Å². The Morgan fingerprint density at radius 2 is 1.17 bits per heavy atom. The molecule has 0 aromatic heterocycles. The van der Waals surface area contributed by atoms with E-state index in [1.54, 1.807) is 0 Å². The summed E-state index contributed by atoms with van der Waals surface area (Å²) in [5.74, 6) is 0.692. The van der Waals surface area contributed by atoms with Crippen LogP contribution in [0.5, 0.6) is 0 Å². The summed E-state index contributed by atoms with van der Waals surface area (Å²) in [5.41, 5.74) is 6.96. The van der Waals surface area contributed by atoms with Crippen molar-refractivity contribution in [2.24, 2.45) is 10.2 Å². The monoisotopic (exact) mass is 390 g/mol. The van der Waals surface area contributed by atoms with Gasteiger partial charge in [-0.25, -0.2) is 5.01 Å². The van der Waals surface area contributed by atoms with Crippen molar-refractivity contribution in [3.63, 3.8) is 0 Å². The predicted molar refractivity (Wildman–Crippen MR) is 126 cm³/mol. The fourth-order valence-corrected chi connectivity index (χ4v) is 2.93. The van der Waals surface area contributed by atoms with Crippen LogP contribution in [0.3, 0.4) is 0 Å². The van der Waals surface area contributed by atoms with Gasteiger partial charge in [-0.05, 0) is 29.8 Å². The third kappa shape index (κ3) is 5.00. The van der Waals surface area contributed by atoms with Gasteiger partial charge in [-0.2, -0.15) is 10.2 Å². The molecule has 4 heteroatoms. The van der Waals surface area contributed by atoms with Gasteiger partial charge >= 0.3 is 0 Å². The molecule has 0 amide bonds. The van der Waals surface area contributed by atoms with E-state index >= 15 is 0 Å². The Balaban J connectivity index is 1.77. The van der Waals surface area contributed by atoms with Crippen molar-refractivity contribution in [2.45, 2.75) is 0 Å². The Labute approximate surface area is 176 Å². The Bertz CT molecular complexity index is 1090. The van der Waals surface area contributed by atoms with E-state index in [4.69, 9.17) is 10.2 Å². The number of hydrogen-bond acceptors (Lipinski definition) is 3. The molecule has 1 N–H and O–H groups in total. The molecule has 0 fully saturated rings. The van der Waals surface area contributed by atoms with E-state index in [2.05, 4.69) is 5.43 Å². The Morgan fingerprint density at radius 1 is 0.633 bits per heavy atom. The highest BCUT2D eigenvalue weighted by Crippen LogP contribution is 2.19. The number of amidine groups is 1. The summed E-state index contributed by atoms with van der Waals surface area (Å²) in [6, 6.07) is 40.0. The molecule has 0 saturated heterocycles.